The van der Waals surface area contributed by atoms with Crippen molar-refractivity contribution in [2.45, 2.75) is 19.5 Å². The average molecular weight is 375 g/mol. The summed E-state index contributed by atoms with van der Waals surface area (Å²) in [6, 6.07) is 22.6. The molecule has 0 saturated heterocycles. The number of para-hydroxylation sites is 1. The Labute approximate surface area is 163 Å². The predicted octanol–water partition coefficient (Wildman–Crippen LogP) is 5.58. The Morgan fingerprint density at radius 1 is 1.04 bits per heavy atom. The highest BCUT2D eigenvalue weighted by molar-refractivity contribution is 7.10. The lowest BCUT2D eigenvalue weighted by Crippen LogP contribution is -2.29. The zero-order chi connectivity index (χ0) is 18.8. The summed E-state index contributed by atoms with van der Waals surface area (Å²) in [4.78, 5) is 16.3. The van der Waals surface area contributed by atoms with Crippen molar-refractivity contribution in [3.8, 4) is 0 Å². The number of aromatic nitrogens is 1. The Hall–Kier alpha value is -2.85. The molecule has 1 unspecified atom stereocenters. The third-order valence-corrected chi connectivity index (χ3v) is 6.11. The van der Waals surface area contributed by atoms with Gasteiger partial charge in [-0.25, -0.2) is 0 Å². The third-order valence-electron chi connectivity index (χ3n) is 5.07. The molecule has 0 aliphatic heterocycles. The lowest BCUT2D eigenvalue weighted by molar-refractivity contribution is 0.0746. The fourth-order valence-electron chi connectivity index (χ4n) is 3.41. The van der Waals surface area contributed by atoms with E-state index in [4.69, 9.17) is 0 Å². The van der Waals surface area contributed by atoms with Crippen molar-refractivity contribution in [2.75, 3.05) is 7.05 Å². The third kappa shape index (κ3) is 3.40. The minimum Gasteiger partial charge on any atom is -0.342 e. The second kappa shape index (κ2) is 7.41. The van der Waals surface area contributed by atoms with Gasteiger partial charge in [-0.05, 0) is 30.0 Å². The molecule has 0 bridgehead atoms. The number of fused-ring (bicyclic) bond motifs is 1. The van der Waals surface area contributed by atoms with E-state index in [2.05, 4.69) is 41.1 Å². The van der Waals surface area contributed by atoms with Gasteiger partial charge in [-0.1, -0.05) is 54.6 Å². The Morgan fingerprint density at radius 2 is 1.78 bits per heavy atom. The largest absolute Gasteiger partial charge is 0.342 e. The molecule has 4 rings (SSSR count). The Bertz CT molecular complexity index is 1050. The summed E-state index contributed by atoms with van der Waals surface area (Å²) >= 11 is 1.68. The zero-order valence-electron chi connectivity index (χ0n) is 15.5. The molecule has 0 N–H and O–H groups in total. The second-order valence-corrected chi connectivity index (χ2v) is 7.76. The van der Waals surface area contributed by atoms with E-state index in [1.54, 1.807) is 11.3 Å². The van der Waals surface area contributed by atoms with Crippen LogP contribution in [0.4, 0.5) is 0 Å². The van der Waals surface area contributed by atoms with E-state index in [0.717, 1.165) is 23.0 Å². The molecule has 0 radical (unpaired) electrons. The molecule has 1 amide bonds. The molecule has 0 aliphatic carbocycles. The summed E-state index contributed by atoms with van der Waals surface area (Å²) in [5, 5.41) is 3.05. The molecule has 4 aromatic rings. The summed E-state index contributed by atoms with van der Waals surface area (Å²) in [6.45, 7) is 2.83. The predicted molar refractivity (Wildman–Crippen MR) is 112 cm³/mol. The van der Waals surface area contributed by atoms with Gasteiger partial charge >= 0.3 is 0 Å². The fourth-order valence-corrected chi connectivity index (χ4v) is 4.24. The summed E-state index contributed by atoms with van der Waals surface area (Å²) in [5.74, 6) is 0.0545. The van der Waals surface area contributed by atoms with E-state index in [1.165, 1.54) is 10.4 Å². The summed E-state index contributed by atoms with van der Waals surface area (Å²) in [6.07, 6.45) is 2.00. The molecule has 2 aromatic heterocycles. The first-order valence-electron chi connectivity index (χ1n) is 9.07. The molecular weight excluding hydrogens is 352 g/mol. The number of thiophene rings is 1. The molecule has 0 fully saturated rings. The molecule has 4 heteroatoms. The lowest BCUT2D eigenvalue weighted by Gasteiger charge is -2.24. The first-order valence-corrected chi connectivity index (χ1v) is 9.95. The number of nitrogens with zero attached hydrogens (tertiary/aromatic N) is 2. The monoisotopic (exact) mass is 374 g/mol. The lowest BCUT2D eigenvalue weighted by atomic mass is 10.1. The highest BCUT2D eigenvalue weighted by Gasteiger charge is 2.23. The Kier molecular flexibility index (Phi) is 4.82. The Balaban J connectivity index is 1.70. The van der Waals surface area contributed by atoms with Gasteiger partial charge in [-0.15, -0.1) is 11.3 Å². The normalized spacial score (nSPS) is 12.2. The highest BCUT2D eigenvalue weighted by atomic mass is 32.1. The number of carbonyl (C=O) groups excluding carboxylic acids is 1. The van der Waals surface area contributed by atoms with Crippen LogP contribution in [0.3, 0.4) is 0 Å². The van der Waals surface area contributed by atoms with Crippen LogP contribution in [-0.4, -0.2) is 22.4 Å². The SMILES string of the molecule is CC(c1cccs1)N(C)C(=O)c1cn(Cc2ccccc2)c2ccccc12. The summed E-state index contributed by atoms with van der Waals surface area (Å²) in [7, 11) is 1.88. The molecule has 0 aliphatic rings. The van der Waals surface area contributed by atoms with Crippen LogP contribution in [0.2, 0.25) is 0 Å². The van der Waals surface area contributed by atoms with E-state index in [9.17, 15) is 4.79 Å². The van der Waals surface area contributed by atoms with E-state index >= 15 is 0 Å². The number of benzene rings is 2. The van der Waals surface area contributed by atoms with Crippen LogP contribution in [0.5, 0.6) is 0 Å². The molecular formula is C23H22N2OS. The molecule has 136 valence electrons. The molecule has 3 nitrogen and oxygen atoms in total. The molecule has 2 heterocycles. The van der Waals surface area contributed by atoms with E-state index < -0.39 is 0 Å². The smallest absolute Gasteiger partial charge is 0.256 e. The van der Waals surface area contributed by atoms with Crippen molar-refractivity contribution in [1.82, 2.24) is 9.47 Å². The van der Waals surface area contributed by atoms with Gasteiger partial charge in [-0.2, -0.15) is 0 Å². The second-order valence-electron chi connectivity index (χ2n) is 6.78. The zero-order valence-corrected chi connectivity index (χ0v) is 16.3. The van der Waals surface area contributed by atoms with Crippen molar-refractivity contribution >= 4 is 28.1 Å². The number of hydrogen-bond acceptors (Lipinski definition) is 2. The maximum absolute atomic E-state index is 13.3. The summed E-state index contributed by atoms with van der Waals surface area (Å²) < 4.78 is 2.17. The van der Waals surface area contributed by atoms with Crippen molar-refractivity contribution in [3.63, 3.8) is 0 Å². The van der Waals surface area contributed by atoms with Gasteiger partial charge in [0, 0.05) is 35.6 Å². The summed E-state index contributed by atoms with van der Waals surface area (Å²) in [5.41, 5.74) is 3.06. The number of hydrogen-bond donors (Lipinski definition) is 0. The molecule has 0 saturated carbocycles. The Morgan fingerprint density at radius 3 is 2.52 bits per heavy atom. The van der Waals surface area contributed by atoms with E-state index in [1.807, 2.05) is 60.6 Å². The number of carbonyl (C=O) groups is 1. The van der Waals surface area contributed by atoms with Crippen LogP contribution in [0, 0.1) is 0 Å². The van der Waals surface area contributed by atoms with Crippen molar-refractivity contribution in [1.29, 1.82) is 0 Å². The minimum absolute atomic E-state index is 0.0498. The molecule has 0 spiro atoms. The van der Waals surface area contributed by atoms with Gasteiger partial charge in [0.15, 0.2) is 0 Å². The average Bonchev–Trinajstić information content (AvgIpc) is 3.36. The van der Waals surface area contributed by atoms with E-state index in [0.29, 0.717) is 0 Å². The van der Waals surface area contributed by atoms with Crippen LogP contribution in [0.1, 0.15) is 33.8 Å². The first kappa shape index (κ1) is 17.6. The van der Waals surface area contributed by atoms with Crippen LogP contribution >= 0.6 is 11.3 Å². The van der Waals surface area contributed by atoms with Crippen LogP contribution in [0.25, 0.3) is 10.9 Å². The van der Waals surface area contributed by atoms with Gasteiger partial charge in [0.25, 0.3) is 5.91 Å². The molecule has 27 heavy (non-hydrogen) atoms. The van der Waals surface area contributed by atoms with Gasteiger partial charge in [-0.3, -0.25) is 4.79 Å². The standard InChI is InChI=1S/C23H22N2OS/c1-17(22-13-8-14-27-22)24(2)23(26)20-16-25(15-18-9-4-3-5-10-18)21-12-7-6-11-19(20)21/h3-14,16-17H,15H2,1-2H3. The quantitative estimate of drug-likeness (QED) is 0.447. The van der Waals surface area contributed by atoms with Crippen molar-refractivity contribution < 1.29 is 4.79 Å². The fraction of sp³-hybridized carbons (Fsp3) is 0.174. The topological polar surface area (TPSA) is 25.2 Å². The van der Waals surface area contributed by atoms with Gasteiger partial charge in [0.2, 0.25) is 0 Å². The molecule has 2 aromatic carbocycles. The van der Waals surface area contributed by atoms with Crippen LogP contribution < -0.4 is 0 Å². The molecule has 1 atom stereocenters. The van der Waals surface area contributed by atoms with Crippen molar-refractivity contribution in [2.24, 2.45) is 0 Å². The van der Waals surface area contributed by atoms with Gasteiger partial charge < -0.3 is 9.47 Å². The van der Waals surface area contributed by atoms with Crippen LogP contribution in [-0.2, 0) is 6.54 Å². The first-order chi connectivity index (χ1) is 13.1. The number of rotatable bonds is 5. The highest BCUT2D eigenvalue weighted by Crippen LogP contribution is 2.28. The van der Waals surface area contributed by atoms with Gasteiger partial charge in [0.1, 0.15) is 0 Å². The van der Waals surface area contributed by atoms with Crippen molar-refractivity contribution in [3.05, 3.63) is 94.3 Å². The minimum atomic E-state index is 0.0498. The van der Waals surface area contributed by atoms with Gasteiger partial charge in [0.05, 0.1) is 11.6 Å². The maximum Gasteiger partial charge on any atom is 0.256 e. The number of amides is 1. The van der Waals surface area contributed by atoms with E-state index in [-0.39, 0.29) is 11.9 Å². The van der Waals surface area contributed by atoms with Crippen LogP contribution in [0.15, 0.2) is 78.3 Å². The maximum atomic E-state index is 13.3.